The van der Waals surface area contributed by atoms with Crippen LogP contribution in [0.3, 0.4) is 0 Å². The summed E-state index contributed by atoms with van der Waals surface area (Å²) in [4.78, 5) is 0. The average molecular weight is 267 g/mol. The van der Waals surface area contributed by atoms with E-state index in [4.69, 9.17) is 4.74 Å². The molecule has 0 spiro atoms. The molecule has 0 radical (unpaired) electrons. The minimum Gasteiger partial charge on any atom is -0.489 e. The van der Waals surface area contributed by atoms with Crippen LogP contribution in [0.4, 0.5) is 4.39 Å². The zero-order valence-corrected chi connectivity index (χ0v) is 11.7. The molecule has 1 saturated heterocycles. The predicted octanol–water partition coefficient (Wildman–Crippen LogP) is 2.22. The molecule has 1 heterocycles. The fraction of sp³-hybridized carbons (Fsp3) is 0.600. The number of aliphatic hydroxyl groups is 1. The first-order valence-corrected chi connectivity index (χ1v) is 6.70. The Morgan fingerprint density at radius 1 is 1.42 bits per heavy atom. The van der Waals surface area contributed by atoms with E-state index in [1.807, 2.05) is 26.8 Å². The maximum atomic E-state index is 13.9. The highest BCUT2D eigenvalue weighted by Gasteiger charge is 2.23. The largest absolute Gasteiger partial charge is 0.489 e. The molecule has 0 bridgehead atoms. The quantitative estimate of drug-likeness (QED) is 0.882. The summed E-state index contributed by atoms with van der Waals surface area (Å²) in [5.41, 5.74) is 0.878. The molecule has 0 amide bonds. The van der Waals surface area contributed by atoms with Gasteiger partial charge in [-0.3, -0.25) is 0 Å². The number of hydrogen-bond donors (Lipinski definition) is 2. The summed E-state index contributed by atoms with van der Waals surface area (Å²) in [5, 5.41) is 12.5. The van der Waals surface area contributed by atoms with E-state index >= 15 is 0 Å². The van der Waals surface area contributed by atoms with Crippen molar-refractivity contribution in [1.29, 1.82) is 0 Å². The number of ether oxygens (including phenoxy) is 1. The third-order valence-electron chi connectivity index (χ3n) is 3.44. The minimum atomic E-state index is -0.328. The van der Waals surface area contributed by atoms with Crippen molar-refractivity contribution in [1.82, 2.24) is 5.32 Å². The fourth-order valence-corrected chi connectivity index (χ4v) is 2.20. The third kappa shape index (κ3) is 3.67. The SMILES string of the molecule is CC(C)(C)c1ccc(OC[C@@H]2C[C@@H](O)CN2)c(F)c1. The summed E-state index contributed by atoms with van der Waals surface area (Å²) < 4.78 is 19.4. The second kappa shape index (κ2) is 5.47. The Morgan fingerprint density at radius 2 is 2.16 bits per heavy atom. The van der Waals surface area contributed by atoms with Gasteiger partial charge in [0, 0.05) is 12.6 Å². The van der Waals surface area contributed by atoms with Crippen molar-refractivity contribution >= 4 is 0 Å². The van der Waals surface area contributed by atoms with Gasteiger partial charge < -0.3 is 15.2 Å². The van der Waals surface area contributed by atoms with Gasteiger partial charge in [-0.05, 0) is 29.5 Å². The molecule has 0 unspecified atom stereocenters. The van der Waals surface area contributed by atoms with Crippen LogP contribution in [0.1, 0.15) is 32.8 Å². The van der Waals surface area contributed by atoms with Crippen LogP contribution in [0.15, 0.2) is 18.2 Å². The van der Waals surface area contributed by atoms with Crippen LogP contribution in [0.25, 0.3) is 0 Å². The van der Waals surface area contributed by atoms with Gasteiger partial charge in [-0.2, -0.15) is 0 Å². The molecule has 1 fully saturated rings. The van der Waals surface area contributed by atoms with Gasteiger partial charge in [0.05, 0.1) is 6.10 Å². The Labute approximate surface area is 113 Å². The summed E-state index contributed by atoms with van der Waals surface area (Å²) in [6.45, 7) is 7.10. The highest BCUT2D eigenvalue weighted by molar-refractivity contribution is 5.32. The van der Waals surface area contributed by atoms with Crippen molar-refractivity contribution in [2.45, 2.75) is 44.8 Å². The van der Waals surface area contributed by atoms with E-state index in [2.05, 4.69) is 5.32 Å². The highest BCUT2D eigenvalue weighted by atomic mass is 19.1. The lowest BCUT2D eigenvalue weighted by Gasteiger charge is -2.20. The summed E-state index contributed by atoms with van der Waals surface area (Å²) in [7, 11) is 0. The Balaban J connectivity index is 1.98. The topological polar surface area (TPSA) is 41.5 Å². The molecule has 106 valence electrons. The van der Waals surface area contributed by atoms with E-state index in [0.29, 0.717) is 19.6 Å². The monoisotopic (exact) mass is 267 g/mol. The molecule has 1 aliphatic heterocycles. The zero-order valence-electron chi connectivity index (χ0n) is 11.7. The van der Waals surface area contributed by atoms with Crippen molar-refractivity contribution in [2.24, 2.45) is 0 Å². The van der Waals surface area contributed by atoms with E-state index in [0.717, 1.165) is 5.56 Å². The minimum absolute atomic E-state index is 0.0729. The van der Waals surface area contributed by atoms with Crippen molar-refractivity contribution in [3.8, 4) is 5.75 Å². The number of rotatable bonds is 3. The number of aliphatic hydroxyl groups excluding tert-OH is 1. The summed E-state index contributed by atoms with van der Waals surface area (Å²) in [6.07, 6.45) is 0.337. The van der Waals surface area contributed by atoms with Gasteiger partial charge in [-0.1, -0.05) is 26.8 Å². The van der Waals surface area contributed by atoms with E-state index in [9.17, 15) is 9.50 Å². The first-order chi connectivity index (χ1) is 8.86. The fourth-order valence-electron chi connectivity index (χ4n) is 2.20. The van der Waals surface area contributed by atoms with Crippen LogP contribution < -0.4 is 10.1 Å². The van der Waals surface area contributed by atoms with Gasteiger partial charge in [0.1, 0.15) is 6.61 Å². The molecule has 0 aliphatic carbocycles. The Kier molecular flexibility index (Phi) is 4.11. The van der Waals surface area contributed by atoms with E-state index < -0.39 is 0 Å². The summed E-state index contributed by atoms with van der Waals surface area (Å²) in [5.74, 6) is -0.0536. The lowest BCUT2D eigenvalue weighted by Crippen LogP contribution is -2.28. The maximum Gasteiger partial charge on any atom is 0.165 e. The van der Waals surface area contributed by atoms with Crippen LogP contribution >= 0.6 is 0 Å². The molecular weight excluding hydrogens is 245 g/mol. The number of hydrogen-bond acceptors (Lipinski definition) is 3. The number of β-amino-alcohol motifs (C(OH)–C–C–N with tert-alkyl or cyclic N) is 1. The average Bonchev–Trinajstić information content (AvgIpc) is 2.72. The molecule has 4 heteroatoms. The molecule has 1 aliphatic rings. The molecule has 1 aromatic carbocycles. The van der Waals surface area contributed by atoms with Gasteiger partial charge >= 0.3 is 0 Å². The molecule has 19 heavy (non-hydrogen) atoms. The van der Waals surface area contributed by atoms with Crippen molar-refractivity contribution in [2.75, 3.05) is 13.2 Å². The van der Waals surface area contributed by atoms with Gasteiger partial charge in [0.15, 0.2) is 11.6 Å². The summed E-state index contributed by atoms with van der Waals surface area (Å²) >= 11 is 0. The normalized spacial score (nSPS) is 23.6. The lowest BCUT2D eigenvalue weighted by molar-refractivity contribution is 0.186. The Hall–Kier alpha value is -1.13. The van der Waals surface area contributed by atoms with Gasteiger partial charge in [-0.15, -0.1) is 0 Å². The predicted molar refractivity (Wildman–Crippen MR) is 73.0 cm³/mol. The van der Waals surface area contributed by atoms with Crippen LogP contribution in [0, 0.1) is 5.82 Å². The molecule has 3 nitrogen and oxygen atoms in total. The van der Waals surface area contributed by atoms with Crippen LogP contribution in [0.2, 0.25) is 0 Å². The first kappa shape index (κ1) is 14.3. The van der Waals surface area contributed by atoms with E-state index in [1.54, 1.807) is 6.07 Å². The first-order valence-electron chi connectivity index (χ1n) is 6.70. The third-order valence-corrected chi connectivity index (χ3v) is 3.44. The molecule has 0 saturated carbocycles. The Bertz CT molecular complexity index is 442. The van der Waals surface area contributed by atoms with E-state index in [-0.39, 0.29) is 29.1 Å². The standard InChI is InChI=1S/C15H22FNO2/c1-15(2,3)10-4-5-14(13(16)6-10)19-9-11-7-12(18)8-17-11/h4-6,11-12,17-18H,7-9H2,1-3H3/t11-,12+/m0/s1. The van der Waals surface area contributed by atoms with Crippen LogP contribution in [-0.4, -0.2) is 30.4 Å². The van der Waals surface area contributed by atoms with E-state index in [1.165, 1.54) is 6.07 Å². The summed E-state index contributed by atoms with van der Waals surface area (Å²) in [6, 6.07) is 5.21. The smallest absolute Gasteiger partial charge is 0.165 e. The zero-order chi connectivity index (χ0) is 14.0. The lowest BCUT2D eigenvalue weighted by atomic mass is 9.87. The van der Waals surface area contributed by atoms with Crippen molar-refractivity contribution in [3.05, 3.63) is 29.6 Å². The molecule has 1 aromatic rings. The second-order valence-electron chi connectivity index (χ2n) is 6.20. The number of nitrogens with one attached hydrogen (secondary N) is 1. The molecule has 2 atom stereocenters. The second-order valence-corrected chi connectivity index (χ2v) is 6.20. The Morgan fingerprint density at radius 3 is 2.68 bits per heavy atom. The molecule has 2 N–H and O–H groups in total. The van der Waals surface area contributed by atoms with Crippen LogP contribution in [-0.2, 0) is 5.41 Å². The maximum absolute atomic E-state index is 13.9. The van der Waals surface area contributed by atoms with Gasteiger partial charge in [0.2, 0.25) is 0 Å². The molecular formula is C15H22FNO2. The van der Waals surface area contributed by atoms with Crippen molar-refractivity contribution in [3.63, 3.8) is 0 Å². The highest BCUT2D eigenvalue weighted by Crippen LogP contribution is 2.27. The van der Waals surface area contributed by atoms with Crippen molar-refractivity contribution < 1.29 is 14.2 Å². The molecule has 0 aromatic heterocycles. The van der Waals surface area contributed by atoms with Crippen LogP contribution in [0.5, 0.6) is 5.75 Å². The number of halogens is 1. The molecule has 2 rings (SSSR count). The van der Waals surface area contributed by atoms with Gasteiger partial charge in [0.25, 0.3) is 0 Å². The van der Waals surface area contributed by atoms with Gasteiger partial charge in [-0.25, -0.2) is 4.39 Å². The number of benzene rings is 1.